The molecule has 0 spiro atoms. The van der Waals surface area contributed by atoms with Crippen LogP contribution in [0.3, 0.4) is 0 Å². The predicted molar refractivity (Wildman–Crippen MR) is 47.4 cm³/mol. The van der Waals surface area contributed by atoms with E-state index in [1.807, 2.05) is 6.92 Å². The van der Waals surface area contributed by atoms with E-state index >= 15 is 0 Å². The molecule has 0 radical (unpaired) electrons. The molecule has 12 heavy (non-hydrogen) atoms. The second kappa shape index (κ2) is 4.91. The minimum absolute atomic E-state index is 0.255. The first-order valence-electron chi connectivity index (χ1n) is 4.26. The zero-order valence-corrected chi connectivity index (χ0v) is 7.96. The maximum Gasteiger partial charge on any atom is 0.284 e. The molecule has 1 unspecified atom stereocenters. The lowest BCUT2D eigenvalue weighted by Crippen LogP contribution is -2.24. The minimum atomic E-state index is -0.814. The summed E-state index contributed by atoms with van der Waals surface area (Å²) in [5, 5.41) is 0. The van der Waals surface area contributed by atoms with Crippen molar-refractivity contribution in [3.63, 3.8) is 0 Å². The van der Waals surface area contributed by atoms with E-state index in [0.29, 0.717) is 5.92 Å². The lowest BCUT2D eigenvalue weighted by molar-refractivity contribution is -0.136. The van der Waals surface area contributed by atoms with Crippen LogP contribution < -0.4 is 5.73 Å². The summed E-state index contributed by atoms with van der Waals surface area (Å²) in [6.07, 6.45) is 1.24. The van der Waals surface area contributed by atoms with Gasteiger partial charge in [-0.3, -0.25) is 9.59 Å². The second-order valence-corrected chi connectivity index (χ2v) is 3.73. The van der Waals surface area contributed by atoms with E-state index in [2.05, 4.69) is 13.8 Å². The Hall–Kier alpha value is -0.860. The number of nitrogens with two attached hydrogens (primary N) is 1. The molecule has 0 aromatic carbocycles. The van der Waals surface area contributed by atoms with E-state index < -0.39 is 11.7 Å². The van der Waals surface area contributed by atoms with Crippen molar-refractivity contribution in [3.05, 3.63) is 0 Å². The van der Waals surface area contributed by atoms with Gasteiger partial charge in [-0.05, 0) is 18.3 Å². The summed E-state index contributed by atoms with van der Waals surface area (Å²) in [6, 6.07) is 0. The largest absolute Gasteiger partial charge is 0.363 e. The fraction of sp³-hybridized carbons (Fsp3) is 0.778. The summed E-state index contributed by atoms with van der Waals surface area (Å²) in [4.78, 5) is 21.3. The van der Waals surface area contributed by atoms with E-state index in [0.717, 1.165) is 6.42 Å². The van der Waals surface area contributed by atoms with Gasteiger partial charge in [-0.25, -0.2) is 0 Å². The molecule has 0 aromatic heterocycles. The monoisotopic (exact) mass is 171 g/mol. The van der Waals surface area contributed by atoms with Crippen LogP contribution in [0.5, 0.6) is 0 Å². The number of carbonyl (C=O) groups is 2. The molecule has 0 aliphatic heterocycles. The summed E-state index contributed by atoms with van der Waals surface area (Å²) in [7, 11) is 0. The minimum Gasteiger partial charge on any atom is -0.363 e. The summed E-state index contributed by atoms with van der Waals surface area (Å²) < 4.78 is 0. The van der Waals surface area contributed by atoms with Crippen LogP contribution in [0, 0.1) is 11.8 Å². The summed E-state index contributed by atoms with van der Waals surface area (Å²) in [5.41, 5.74) is 4.83. The molecule has 1 atom stereocenters. The van der Waals surface area contributed by atoms with Crippen LogP contribution in [0.1, 0.15) is 33.6 Å². The Bertz CT molecular complexity index is 175. The molecule has 0 rings (SSSR count). The van der Waals surface area contributed by atoms with E-state index in [-0.39, 0.29) is 12.3 Å². The molecule has 0 aromatic rings. The SMILES string of the molecule is CC(C)CC(C)CC(=O)C(N)=O. The number of amides is 1. The Balaban J connectivity index is 3.76. The third-order valence-corrected chi connectivity index (χ3v) is 1.68. The van der Waals surface area contributed by atoms with Crippen LogP contribution in [0.25, 0.3) is 0 Å². The molecule has 2 N–H and O–H groups in total. The van der Waals surface area contributed by atoms with Crippen molar-refractivity contribution < 1.29 is 9.59 Å². The first kappa shape index (κ1) is 11.1. The molecule has 3 heteroatoms. The summed E-state index contributed by atoms with van der Waals surface area (Å²) in [5.74, 6) is -0.459. The van der Waals surface area contributed by atoms with Gasteiger partial charge in [-0.1, -0.05) is 20.8 Å². The number of carbonyl (C=O) groups excluding carboxylic acids is 2. The first-order valence-corrected chi connectivity index (χ1v) is 4.26. The van der Waals surface area contributed by atoms with Crippen molar-refractivity contribution in [2.45, 2.75) is 33.6 Å². The smallest absolute Gasteiger partial charge is 0.284 e. The van der Waals surface area contributed by atoms with E-state index in [1.54, 1.807) is 0 Å². The van der Waals surface area contributed by atoms with E-state index in [9.17, 15) is 9.59 Å². The zero-order valence-electron chi connectivity index (χ0n) is 7.96. The maximum atomic E-state index is 10.9. The van der Waals surface area contributed by atoms with Crippen molar-refractivity contribution in [1.82, 2.24) is 0 Å². The van der Waals surface area contributed by atoms with Gasteiger partial charge in [-0.15, -0.1) is 0 Å². The van der Waals surface area contributed by atoms with E-state index in [1.165, 1.54) is 0 Å². The van der Waals surface area contributed by atoms with Crippen molar-refractivity contribution in [1.29, 1.82) is 0 Å². The van der Waals surface area contributed by atoms with Crippen LogP contribution in [-0.4, -0.2) is 11.7 Å². The topological polar surface area (TPSA) is 60.2 Å². The number of primary amides is 1. The Morgan fingerprint density at radius 2 is 1.75 bits per heavy atom. The van der Waals surface area contributed by atoms with E-state index in [4.69, 9.17) is 5.73 Å². The number of hydrogen-bond acceptors (Lipinski definition) is 2. The third-order valence-electron chi connectivity index (χ3n) is 1.68. The Kier molecular flexibility index (Phi) is 4.55. The molecule has 1 amide bonds. The fourth-order valence-corrected chi connectivity index (χ4v) is 1.31. The van der Waals surface area contributed by atoms with Crippen LogP contribution in [0.15, 0.2) is 0 Å². The van der Waals surface area contributed by atoms with Crippen molar-refractivity contribution in [3.8, 4) is 0 Å². The second-order valence-electron chi connectivity index (χ2n) is 3.73. The van der Waals surface area contributed by atoms with Gasteiger partial charge < -0.3 is 5.73 Å². The highest BCUT2D eigenvalue weighted by molar-refractivity contribution is 6.35. The lowest BCUT2D eigenvalue weighted by atomic mass is 9.94. The molecule has 0 aliphatic rings. The van der Waals surface area contributed by atoms with Gasteiger partial charge in [0.1, 0.15) is 0 Å². The highest BCUT2D eigenvalue weighted by Crippen LogP contribution is 2.14. The Labute approximate surface area is 73.3 Å². The van der Waals surface area contributed by atoms with Gasteiger partial charge in [0.25, 0.3) is 5.91 Å². The van der Waals surface area contributed by atoms with Gasteiger partial charge in [0.2, 0.25) is 5.78 Å². The third kappa shape index (κ3) is 4.88. The van der Waals surface area contributed by atoms with Crippen LogP contribution in [0.4, 0.5) is 0 Å². The first-order chi connectivity index (χ1) is 5.43. The standard InChI is InChI=1S/C9H17NO2/c1-6(2)4-7(3)5-8(11)9(10)12/h6-7H,4-5H2,1-3H3,(H2,10,12). The lowest BCUT2D eigenvalue weighted by Gasteiger charge is -2.11. The van der Waals surface area contributed by atoms with Crippen molar-refractivity contribution in [2.24, 2.45) is 17.6 Å². The summed E-state index contributed by atoms with van der Waals surface area (Å²) >= 11 is 0. The average Bonchev–Trinajstić information content (AvgIpc) is 1.84. The number of rotatable bonds is 5. The van der Waals surface area contributed by atoms with Crippen molar-refractivity contribution in [2.75, 3.05) is 0 Å². The predicted octanol–water partition coefficient (Wildman–Crippen LogP) is 1.11. The zero-order chi connectivity index (χ0) is 9.72. The molecule has 0 saturated carbocycles. The van der Waals surface area contributed by atoms with Gasteiger partial charge in [0, 0.05) is 6.42 Å². The number of ketones is 1. The quantitative estimate of drug-likeness (QED) is 0.630. The van der Waals surface area contributed by atoms with Gasteiger partial charge >= 0.3 is 0 Å². The normalized spacial score (nSPS) is 13.0. The summed E-state index contributed by atoms with van der Waals surface area (Å²) in [6.45, 7) is 6.14. The molecule has 0 aliphatic carbocycles. The van der Waals surface area contributed by atoms with Gasteiger partial charge in [0.05, 0.1) is 0 Å². The molecule has 0 heterocycles. The Morgan fingerprint density at radius 1 is 1.25 bits per heavy atom. The maximum absolute atomic E-state index is 10.9. The number of hydrogen-bond donors (Lipinski definition) is 1. The van der Waals surface area contributed by atoms with Gasteiger partial charge in [0.15, 0.2) is 0 Å². The molecule has 3 nitrogen and oxygen atoms in total. The molecule has 0 bridgehead atoms. The van der Waals surface area contributed by atoms with Crippen LogP contribution in [-0.2, 0) is 9.59 Å². The molecule has 70 valence electrons. The number of Topliss-reactive ketones (excluding diaryl/α,β-unsaturated/α-hetero) is 1. The van der Waals surface area contributed by atoms with Crippen LogP contribution in [0.2, 0.25) is 0 Å². The van der Waals surface area contributed by atoms with Gasteiger partial charge in [-0.2, -0.15) is 0 Å². The highest BCUT2D eigenvalue weighted by Gasteiger charge is 2.14. The Morgan fingerprint density at radius 3 is 2.08 bits per heavy atom. The highest BCUT2D eigenvalue weighted by atomic mass is 16.2. The average molecular weight is 171 g/mol. The molecular weight excluding hydrogens is 154 g/mol. The molecule has 0 fully saturated rings. The van der Waals surface area contributed by atoms with Crippen LogP contribution >= 0.6 is 0 Å². The fourth-order valence-electron chi connectivity index (χ4n) is 1.31. The molecular formula is C9H17NO2. The molecule has 0 saturated heterocycles. The van der Waals surface area contributed by atoms with Crippen molar-refractivity contribution >= 4 is 11.7 Å².